The third-order valence-electron chi connectivity index (χ3n) is 8.62. The van der Waals surface area contributed by atoms with E-state index in [2.05, 4.69) is 23.4 Å². The minimum atomic E-state index is -4.32. The smallest absolute Gasteiger partial charge is 0.309 e. The van der Waals surface area contributed by atoms with Gasteiger partial charge in [-0.3, -0.25) is 0 Å². The Bertz CT molecular complexity index is 1400. The zero-order valence-electron chi connectivity index (χ0n) is 20.9. The molecule has 3 nitrogen and oxygen atoms in total. The fourth-order valence-corrected chi connectivity index (χ4v) is 6.69. The van der Waals surface area contributed by atoms with Crippen LogP contribution in [0.4, 0.5) is 22.0 Å². The van der Waals surface area contributed by atoms with Gasteiger partial charge in [-0.25, -0.2) is 13.5 Å². The molecule has 3 aromatic rings. The van der Waals surface area contributed by atoms with E-state index in [1.54, 1.807) is 28.9 Å². The number of nitrogens with one attached hydrogen (secondary N) is 1. The second-order valence-corrected chi connectivity index (χ2v) is 10.8. The Morgan fingerprint density at radius 3 is 2.39 bits per heavy atom. The Hall–Kier alpha value is -3.26. The number of allylic oxidation sites excluding steroid dienone is 2. The minimum absolute atomic E-state index is 0.0685. The highest BCUT2D eigenvalue weighted by Gasteiger charge is 2.54. The molecule has 6 rings (SSSR count). The van der Waals surface area contributed by atoms with Crippen LogP contribution in [0.5, 0.6) is 0 Å². The second kappa shape index (κ2) is 9.19. The quantitative estimate of drug-likeness (QED) is 0.289. The van der Waals surface area contributed by atoms with Crippen molar-refractivity contribution in [1.29, 1.82) is 0 Å². The normalized spacial score (nSPS) is 26.6. The molecule has 1 N–H and O–H groups in total. The van der Waals surface area contributed by atoms with Gasteiger partial charge >= 0.3 is 6.18 Å². The summed E-state index contributed by atoms with van der Waals surface area (Å²) in [6.07, 6.45) is 3.33. The number of hydrogen-bond donors (Lipinski definition) is 1. The minimum Gasteiger partial charge on any atom is -0.309 e. The molecule has 1 saturated carbocycles. The van der Waals surface area contributed by atoms with Crippen LogP contribution in [0, 0.1) is 28.9 Å². The van der Waals surface area contributed by atoms with Gasteiger partial charge in [-0.15, -0.1) is 0 Å². The summed E-state index contributed by atoms with van der Waals surface area (Å²) >= 11 is 0. The van der Waals surface area contributed by atoms with Crippen molar-refractivity contribution in [3.05, 3.63) is 100 Å². The van der Waals surface area contributed by atoms with Crippen LogP contribution in [0.2, 0.25) is 0 Å². The van der Waals surface area contributed by atoms with Crippen molar-refractivity contribution in [3.63, 3.8) is 0 Å². The van der Waals surface area contributed by atoms with Crippen molar-refractivity contribution in [2.24, 2.45) is 17.3 Å². The molecule has 0 spiro atoms. The van der Waals surface area contributed by atoms with Gasteiger partial charge in [0.1, 0.15) is 11.6 Å². The molecule has 0 aliphatic heterocycles. The van der Waals surface area contributed by atoms with E-state index in [1.165, 1.54) is 29.8 Å². The molecule has 198 valence electrons. The Kier molecular flexibility index (Phi) is 6.05. The van der Waals surface area contributed by atoms with Gasteiger partial charge in [-0.2, -0.15) is 18.3 Å². The third-order valence-corrected chi connectivity index (χ3v) is 8.62. The largest absolute Gasteiger partial charge is 0.393 e. The van der Waals surface area contributed by atoms with Crippen LogP contribution >= 0.6 is 0 Å². The van der Waals surface area contributed by atoms with E-state index in [9.17, 15) is 22.0 Å². The molecule has 0 amide bonds. The summed E-state index contributed by atoms with van der Waals surface area (Å²) in [5, 5.41) is 7.79. The van der Waals surface area contributed by atoms with E-state index >= 15 is 0 Å². The highest BCUT2D eigenvalue weighted by atomic mass is 19.4. The van der Waals surface area contributed by atoms with E-state index in [4.69, 9.17) is 0 Å². The molecular weight excluding hydrogens is 497 g/mol. The standard InChI is InChI=1S/C30H28F5N3/c1-29-15-19-17-37-38(23-9-7-22(32)8-10-23)27(19)14-20(29)4-11-24-25(29)12-13-26(30(33,34)35)28(24)36-16-18-2-5-21(31)6-3-18/h2-3,5-10,12,14,17,24,26,28,36H,4,11,13,15-16H2,1H3/t24-,26-,28-,29+/m0/s1. The molecule has 1 aromatic heterocycles. The number of benzene rings is 2. The average molecular weight is 526 g/mol. The van der Waals surface area contributed by atoms with Crippen LogP contribution in [0.1, 0.15) is 43.0 Å². The number of rotatable bonds is 4. The zero-order chi connectivity index (χ0) is 26.7. The number of alkyl halides is 3. The van der Waals surface area contributed by atoms with E-state index in [0.29, 0.717) is 19.3 Å². The molecule has 38 heavy (non-hydrogen) atoms. The summed E-state index contributed by atoms with van der Waals surface area (Å²) in [6, 6.07) is 11.3. The van der Waals surface area contributed by atoms with Crippen molar-refractivity contribution in [2.75, 3.05) is 0 Å². The fraction of sp³-hybridized carbons (Fsp3) is 0.367. The summed E-state index contributed by atoms with van der Waals surface area (Å²) in [6.45, 7) is 2.38. The maximum atomic E-state index is 14.2. The summed E-state index contributed by atoms with van der Waals surface area (Å²) < 4.78 is 71.1. The van der Waals surface area contributed by atoms with Gasteiger partial charge in [0, 0.05) is 18.0 Å². The first-order valence-electron chi connectivity index (χ1n) is 12.9. The van der Waals surface area contributed by atoms with Crippen molar-refractivity contribution in [2.45, 2.75) is 51.4 Å². The van der Waals surface area contributed by atoms with Crippen LogP contribution in [0.3, 0.4) is 0 Å². The van der Waals surface area contributed by atoms with Crippen molar-refractivity contribution in [1.82, 2.24) is 15.1 Å². The lowest BCUT2D eigenvalue weighted by molar-refractivity contribution is -0.187. The maximum Gasteiger partial charge on any atom is 0.393 e. The Morgan fingerprint density at radius 1 is 1.03 bits per heavy atom. The lowest BCUT2D eigenvalue weighted by Crippen LogP contribution is -2.53. The molecular formula is C30H28F5N3. The molecule has 0 bridgehead atoms. The zero-order valence-corrected chi connectivity index (χ0v) is 20.9. The predicted molar refractivity (Wildman–Crippen MR) is 135 cm³/mol. The van der Waals surface area contributed by atoms with Gasteiger partial charge < -0.3 is 5.32 Å². The second-order valence-electron chi connectivity index (χ2n) is 10.8. The fourth-order valence-electron chi connectivity index (χ4n) is 6.69. The van der Waals surface area contributed by atoms with Crippen LogP contribution < -0.4 is 5.32 Å². The number of hydrogen-bond acceptors (Lipinski definition) is 2. The summed E-state index contributed by atoms with van der Waals surface area (Å²) in [5.74, 6) is -2.43. The molecule has 2 aromatic carbocycles. The number of aromatic nitrogens is 2. The topological polar surface area (TPSA) is 29.9 Å². The van der Waals surface area contributed by atoms with Crippen LogP contribution in [-0.4, -0.2) is 22.0 Å². The van der Waals surface area contributed by atoms with Gasteiger partial charge in [-0.05, 0) is 85.2 Å². The lowest BCUT2D eigenvalue weighted by atomic mass is 9.55. The molecule has 1 heterocycles. The SMILES string of the molecule is C[C@@]12Cc3cnn(-c4ccc(F)cc4)c3C=C1CC[C@H]1C2=CC[C@H](C(F)(F)F)[C@H]1NCc1ccc(F)cc1. The monoisotopic (exact) mass is 525 g/mol. The lowest BCUT2D eigenvalue weighted by Gasteiger charge is -2.51. The van der Waals surface area contributed by atoms with E-state index in [-0.39, 0.29) is 35.9 Å². The molecule has 0 radical (unpaired) electrons. The molecule has 4 atom stereocenters. The maximum absolute atomic E-state index is 14.2. The molecule has 3 aliphatic carbocycles. The molecule has 0 unspecified atom stereocenters. The Balaban J connectivity index is 1.32. The molecule has 1 fully saturated rings. The van der Waals surface area contributed by atoms with Crippen LogP contribution in [-0.2, 0) is 13.0 Å². The molecule has 8 heteroatoms. The number of nitrogens with zero attached hydrogens (tertiary/aromatic N) is 2. The highest BCUT2D eigenvalue weighted by molar-refractivity contribution is 5.63. The average Bonchev–Trinajstić information content (AvgIpc) is 3.28. The number of fused-ring (bicyclic) bond motifs is 4. The molecule has 3 aliphatic rings. The van der Waals surface area contributed by atoms with E-state index < -0.39 is 18.1 Å². The van der Waals surface area contributed by atoms with Crippen LogP contribution in [0.25, 0.3) is 11.8 Å². The number of halogens is 5. The van der Waals surface area contributed by atoms with Gasteiger partial charge in [0.15, 0.2) is 0 Å². The first kappa shape index (κ1) is 25.0. The first-order chi connectivity index (χ1) is 18.1. The van der Waals surface area contributed by atoms with Crippen molar-refractivity contribution < 1.29 is 22.0 Å². The summed E-state index contributed by atoms with van der Waals surface area (Å²) in [7, 11) is 0. The summed E-state index contributed by atoms with van der Waals surface area (Å²) in [5.41, 5.74) is 5.34. The predicted octanol–water partition coefficient (Wildman–Crippen LogP) is 7.17. The van der Waals surface area contributed by atoms with Gasteiger partial charge in [0.25, 0.3) is 0 Å². The first-order valence-corrected chi connectivity index (χ1v) is 12.9. The van der Waals surface area contributed by atoms with Crippen molar-refractivity contribution >= 4 is 6.08 Å². The Labute approximate surface area is 218 Å². The van der Waals surface area contributed by atoms with Gasteiger partial charge in [0.2, 0.25) is 0 Å². The van der Waals surface area contributed by atoms with Crippen LogP contribution in [0.15, 0.2) is 72.0 Å². The van der Waals surface area contributed by atoms with Gasteiger partial charge in [0.05, 0.1) is 23.5 Å². The van der Waals surface area contributed by atoms with Gasteiger partial charge in [-0.1, -0.05) is 36.3 Å². The van der Waals surface area contributed by atoms with E-state index in [0.717, 1.165) is 28.1 Å². The summed E-state index contributed by atoms with van der Waals surface area (Å²) in [4.78, 5) is 0. The highest BCUT2D eigenvalue weighted by Crippen LogP contribution is 2.57. The Morgan fingerprint density at radius 2 is 1.71 bits per heavy atom. The van der Waals surface area contributed by atoms with E-state index in [1.807, 2.05) is 12.3 Å². The van der Waals surface area contributed by atoms with Crippen molar-refractivity contribution in [3.8, 4) is 5.69 Å². The third kappa shape index (κ3) is 4.28. The molecule has 0 saturated heterocycles.